The molecule has 2 aromatic carbocycles. The summed E-state index contributed by atoms with van der Waals surface area (Å²) < 4.78 is 7.39. The smallest absolute Gasteiger partial charge is 0.261 e. The molecular weight excluding hydrogens is 376 g/mol. The number of amides is 1. The van der Waals surface area contributed by atoms with Crippen molar-refractivity contribution in [2.75, 3.05) is 13.2 Å². The van der Waals surface area contributed by atoms with Crippen molar-refractivity contribution in [2.45, 2.75) is 20.8 Å². The molecule has 0 saturated heterocycles. The third-order valence-corrected chi connectivity index (χ3v) is 4.51. The number of nitrogens with zero attached hydrogens (tertiary/aromatic N) is 3. The Kier molecular flexibility index (Phi) is 6.66. The Bertz CT molecular complexity index is 1110. The molecule has 1 N–H and O–H groups in total. The van der Waals surface area contributed by atoms with Gasteiger partial charge in [0.15, 0.2) is 0 Å². The molecule has 152 valence electrons. The minimum absolute atomic E-state index is 0.0355. The lowest BCUT2D eigenvalue weighted by Crippen LogP contribution is -2.23. The van der Waals surface area contributed by atoms with Crippen LogP contribution in [0.1, 0.15) is 25.0 Å². The fraction of sp³-hybridized carbons (Fsp3) is 0.208. The van der Waals surface area contributed by atoms with Gasteiger partial charge in [0.05, 0.1) is 12.3 Å². The fourth-order valence-corrected chi connectivity index (χ4v) is 3.10. The largest absolute Gasteiger partial charge is 0.494 e. The molecule has 6 nitrogen and oxygen atoms in total. The first-order valence-electron chi connectivity index (χ1n) is 9.86. The molecule has 0 radical (unpaired) electrons. The summed E-state index contributed by atoms with van der Waals surface area (Å²) in [6.07, 6.45) is 3.41. The highest BCUT2D eigenvalue weighted by Crippen LogP contribution is 2.29. The summed E-state index contributed by atoms with van der Waals surface area (Å²) in [6, 6.07) is 17.5. The van der Waals surface area contributed by atoms with Gasteiger partial charge in [-0.15, -0.1) is 0 Å². The molecule has 0 saturated carbocycles. The Morgan fingerprint density at radius 1 is 1.23 bits per heavy atom. The number of rotatable bonds is 7. The zero-order valence-electron chi connectivity index (χ0n) is 17.3. The zero-order chi connectivity index (χ0) is 21.5. The lowest BCUT2D eigenvalue weighted by molar-refractivity contribution is -0.116. The number of para-hydroxylation sites is 1. The number of benzene rings is 2. The van der Waals surface area contributed by atoms with Crippen molar-refractivity contribution in [3.8, 4) is 28.8 Å². The van der Waals surface area contributed by atoms with Crippen LogP contribution < -0.4 is 10.1 Å². The number of ether oxygens (including phenoxy) is 1. The average Bonchev–Trinajstić information content (AvgIpc) is 3.18. The maximum Gasteiger partial charge on any atom is 0.261 e. The van der Waals surface area contributed by atoms with Crippen molar-refractivity contribution in [3.63, 3.8) is 0 Å². The number of hydrogen-bond donors (Lipinski definition) is 1. The van der Waals surface area contributed by atoms with E-state index in [0.29, 0.717) is 24.4 Å². The Balaban J connectivity index is 2.13. The van der Waals surface area contributed by atoms with E-state index in [0.717, 1.165) is 22.6 Å². The lowest BCUT2D eigenvalue weighted by Gasteiger charge is -2.08. The number of hydrogen-bond acceptors (Lipinski definition) is 4. The molecule has 0 aliphatic carbocycles. The van der Waals surface area contributed by atoms with Gasteiger partial charge in [0.2, 0.25) is 0 Å². The minimum atomic E-state index is -0.402. The number of aryl methyl sites for hydroxylation is 1. The lowest BCUT2D eigenvalue weighted by atomic mass is 10.0. The highest BCUT2D eigenvalue weighted by atomic mass is 16.5. The van der Waals surface area contributed by atoms with E-state index in [1.165, 1.54) is 0 Å². The van der Waals surface area contributed by atoms with Crippen molar-refractivity contribution in [1.82, 2.24) is 15.1 Å². The Morgan fingerprint density at radius 3 is 2.63 bits per heavy atom. The summed E-state index contributed by atoms with van der Waals surface area (Å²) in [6.45, 7) is 6.78. The highest BCUT2D eigenvalue weighted by molar-refractivity contribution is 6.02. The fourth-order valence-electron chi connectivity index (χ4n) is 3.10. The van der Waals surface area contributed by atoms with Gasteiger partial charge in [-0.3, -0.25) is 4.79 Å². The Hall–Kier alpha value is -3.85. The van der Waals surface area contributed by atoms with Crippen molar-refractivity contribution in [3.05, 3.63) is 71.4 Å². The van der Waals surface area contributed by atoms with Crippen LogP contribution in [0.15, 0.2) is 60.3 Å². The molecule has 0 unspecified atom stereocenters. The van der Waals surface area contributed by atoms with Gasteiger partial charge in [0.25, 0.3) is 5.91 Å². The molecule has 6 heteroatoms. The maximum atomic E-state index is 12.2. The summed E-state index contributed by atoms with van der Waals surface area (Å²) in [5.74, 6) is 0.419. The summed E-state index contributed by atoms with van der Waals surface area (Å²) in [5, 5.41) is 16.9. The van der Waals surface area contributed by atoms with E-state index in [2.05, 4.69) is 5.32 Å². The molecule has 30 heavy (non-hydrogen) atoms. The van der Waals surface area contributed by atoms with Crippen molar-refractivity contribution < 1.29 is 9.53 Å². The summed E-state index contributed by atoms with van der Waals surface area (Å²) in [4.78, 5) is 12.2. The van der Waals surface area contributed by atoms with Crippen molar-refractivity contribution >= 4 is 12.0 Å². The molecule has 3 rings (SSSR count). The van der Waals surface area contributed by atoms with Gasteiger partial charge in [0.1, 0.15) is 23.1 Å². The summed E-state index contributed by atoms with van der Waals surface area (Å²) in [7, 11) is 0. The molecule has 0 bridgehead atoms. The van der Waals surface area contributed by atoms with E-state index >= 15 is 0 Å². The predicted octanol–water partition coefficient (Wildman–Crippen LogP) is 4.29. The van der Waals surface area contributed by atoms with Crippen LogP contribution in [0.5, 0.6) is 5.75 Å². The predicted molar refractivity (Wildman–Crippen MR) is 117 cm³/mol. The van der Waals surface area contributed by atoms with Crippen LogP contribution in [0.25, 0.3) is 23.0 Å². The first kappa shape index (κ1) is 20.9. The standard InChI is InChI=1S/C24H24N4O2/c1-4-26-24(29)19(15-25)14-20-16-28(21-9-7-6-8-10-21)27-23(20)18-11-12-22(30-5-2)17(3)13-18/h6-14,16H,4-5H2,1-3H3,(H,26,29)/b19-14-. The van der Waals surface area contributed by atoms with E-state index in [-0.39, 0.29) is 5.57 Å². The average molecular weight is 400 g/mol. The molecule has 3 aromatic rings. The van der Waals surface area contributed by atoms with Crippen LogP contribution in [-0.4, -0.2) is 28.8 Å². The van der Waals surface area contributed by atoms with Crippen molar-refractivity contribution in [2.24, 2.45) is 0 Å². The Labute approximate surface area is 176 Å². The third-order valence-electron chi connectivity index (χ3n) is 4.51. The molecule has 0 spiro atoms. The van der Waals surface area contributed by atoms with Gasteiger partial charge in [-0.25, -0.2) is 4.68 Å². The van der Waals surface area contributed by atoms with Crippen molar-refractivity contribution in [1.29, 1.82) is 5.26 Å². The Morgan fingerprint density at radius 2 is 2.00 bits per heavy atom. The van der Waals surface area contributed by atoms with Crippen LogP contribution >= 0.6 is 0 Å². The van der Waals surface area contributed by atoms with Crippen LogP contribution in [0.2, 0.25) is 0 Å². The van der Waals surface area contributed by atoms with Gasteiger partial charge < -0.3 is 10.1 Å². The number of carbonyl (C=O) groups is 1. The molecule has 0 aliphatic heterocycles. The zero-order valence-corrected chi connectivity index (χ0v) is 17.3. The van der Waals surface area contributed by atoms with Crippen LogP contribution in [0.3, 0.4) is 0 Å². The van der Waals surface area contributed by atoms with E-state index < -0.39 is 5.91 Å². The van der Waals surface area contributed by atoms with E-state index in [1.54, 1.807) is 10.8 Å². The summed E-state index contributed by atoms with van der Waals surface area (Å²) in [5.41, 5.74) is 4.16. The number of nitriles is 1. The molecule has 1 heterocycles. The molecule has 1 amide bonds. The third kappa shape index (κ3) is 4.58. The first-order valence-corrected chi connectivity index (χ1v) is 9.86. The summed E-state index contributed by atoms with van der Waals surface area (Å²) >= 11 is 0. The van der Waals surface area contributed by atoms with E-state index in [9.17, 15) is 10.1 Å². The van der Waals surface area contributed by atoms with Gasteiger partial charge in [-0.1, -0.05) is 18.2 Å². The molecule has 1 aromatic heterocycles. The van der Waals surface area contributed by atoms with Crippen LogP contribution in [0.4, 0.5) is 0 Å². The maximum absolute atomic E-state index is 12.2. The SMILES string of the molecule is CCNC(=O)/C(C#N)=C\c1cn(-c2ccccc2)nc1-c1ccc(OCC)c(C)c1. The quantitative estimate of drug-likeness (QED) is 0.474. The van der Waals surface area contributed by atoms with Gasteiger partial charge in [-0.2, -0.15) is 10.4 Å². The second-order valence-corrected chi connectivity index (χ2v) is 6.66. The highest BCUT2D eigenvalue weighted by Gasteiger charge is 2.15. The van der Waals surface area contributed by atoms with Gasteiger partial charge in [0, 0.05) is 23.9 Å². The first-order chi connectivity index (χ1) is 14.6. The van der Waals surface area contributed by atoms with E-state index in [4.69, 9.17) is 9.84 Å². The number of carbonyl (C=O) groups excluding carboxylic acids is 1. The normalized spacial score (nSPS) is 11.1. The van der Waals surface area contributed by atoms with Crippen LogP contribution in [-0.2, 0) is 4.79 Å². The minimum Gasteiger partial charge on any atom is -0.494 e. The second kappa shape index (κ2) is 9.57. The van der Waals surface area contributed by atoms with Gasteiger partial charge in [-0.05, 0) is 62.7 Å². The van der Waals surface area contributed by atoms with Crippen LogP contribution in [0, 0.1) is 18.3 Å². The number of nitrogens with one attached hydrogen (secondary N) is 1. The number of aromatic nitrogens is 2. The topological polar surface area (TPSA) is 79.9 Å². The monoisotopic (exact) mass is 400 g/mol. The molecular formula is C24H24N4O2. The number of likely N-dealkylation sites (N-methyl/N-ethyl adjacent to an activating group) is 1. The molecule has 0 atom stereocenters. The molecule has 0 aliphatic rings. The second-order valence-electron chi connectivity index (χ2n) is 6.66. The van der Waals surface area contributed by atoms with E-state index in [1.807, 2.05) is 81.6 Å². The molecule has 0 fully saturated rings. The van der Waals surface area contributed by atoms with Gasteiger partial charge >= 0.3 is 0 Å².